The Morgan fingerprint density at radius 2 is 1.96 bits per heavy atom. The summed E-state index contributed by atoms with van der Waals surface area (Å²) < 4.78 is 73.4. The van der Waals surface area contributed by atoms with Crippen LogP contribution in [0.3, 0.4) is 0 Å². The molecule has 18 heteroatoms. The second-order valence-electron chi connectivity index (χ2n) is 10.9. The van der Waals surface area contributed by atoms with Gasteiger partial charge in [-0.15, -0.1) is 4.67 Å². The number of imidazole rings is 1. The fraction of sp³-hybridized carbons (Fsp3) is 0.556. The summed E-state index contributed by atoms with van der Waals surface area (Å²) in [6.07, 6.45) is 0.370. The molecule has 0 unspecified atom stereocenters. The number of fused-ring (bicyclic) bond motifs is 1. The van der Waals surface area contributed by atoms with E-state index in [-0.39, 0.29) is 41.5 Å². The largest absolute Gasteiger partial charge is 0.486 e. The molecule has 45 heavy (non-hydrogen) atoms. The van der Waals surface area contributed by atoms with E-state index in [0.29, 0.717) is 12.8 Å². The minimum atomic E-state index is -4.81. The molecule has 2 fully saturated rings. The Labute approximate surface area is 256 Å². The molecular weight excluding hydrogens is 621 g/mol. The van der Waals surface area contributed by atoms with Crippen LogP contribution in [0, 0.1) is 0 Å². The number of ether oxygens (including phenoxy) is 3. The van der Waals surface area contributed by atoms with Crippen LogP contribution < -0.4 is 20.1 Å². The zero-order chi connectivity index (χ0) is 32.4. The molecule has 3 aromatic rings. The lowest BCUT2D eigenvalue weighted by atomic mass is 9.98. The van der Waals surface area contributed by atoms with E-state index in [2.05, 4.69) is 20.0 Å². The van der Waals surface area contributed by atoms with E-state index in [1.807, 2.05) is 0 Å². The maximum atomic E-state index is 16.1. The average molecular weight is 657 g/mol. The number of anilines is 1. The lowest BCUT2D eigenvalue weighted by Gasteiger charge is -2.27. The van der Waals surface area contributed by atoms with Crippen molar-refractivity contribution in [3.05, 3.63) is 36.7 Å². The van der Waals surface area contributed by atoms with Crippen LogP contribution in [0.15, 0.2) is 36.7 Å². The number of alkyl halides is 2. The van der Waals surface area contributed by atoms with Gasteiger partial charge >= 0.3 is 19.8 Å². The van der Waals surface area contributed by atoms with Crippen molar-refractivity contribution in [2.24, 2.45) is 0 Å². The zero-order valence-electron chi connectivity index (χ0n) is 24.8. The summed E-state index contributed by atoms with van der Waals surface area (Å²) >= 11 is 0. The van der Waals surface area contributed by atoms with E-state index in [1.54, 1.807) is 25.1 Å². The highest BCUT2D eigenvalue weighted by Crippen LogP contribution is 2.52. The molecule has 246 valence electrons. The van der Waals surface area contributed by atoms with Crippen molar-refractivity contribution < 1.29 is 51.5 Å². The van der Waals surface area contributed by atoms with E-state index >= 15 is 8.78 Å². The Morgan fingerprint density at radius 3 is 2.64 bits per heavy atom. The molecule has 0 radical (unpaired) electrons. The number of aliphatic hydroxyl groups is 1. The molecule has 2 aliphatic rings. The summed E-state index contributed by atoms with van der Waals surface area (Å²) in [5.74, 6) is -1.03. The number of nitrogens with one attached hydrogen (secondary N) is 1. The molecule has 1 aliphatic carbocycles. The first kappa shape index (κ1) is 32.9. The first-order chi connectivity index (χ1) is 21.3. The van der Waals surface area contributed by atoms with Crippen LogP contribution in [0.5, 0.6) is 11.6 Å². The van der Waals surface area contributed by atoms with Crippen molar-refractivity contribution in [2.75, 3.05) is 12.3 Å². The molecule has 15 nitrogen and oxygen atoms in total. The Balaban J connectivity index is 1.37. The van der Waals surface area contributed by atoms with Crippen molar-refractivity contribution in [2.45, 2.75) is 89.1 Å². The molecule has 1 aliphatic heterocycles. The third-order valence-electron chi connectivity index (χ3n) is 7.32. The first-order valence-electron chi connectivity index (χ1n) is 14.4. The number of halogens is 2. The van der Waals surface area contributed by atoms with Crippen LogP contribution in [0.2, 0.25) is 0 Å². The molecule has 0 spiro atoms. The van der Waals surface area contributed by atoms with Crippen LogP contribution >= 0.6 is 7.75 Å². The average Bonchev–Trinajstić information content (AvgIpc) is 3.50. The van der Waals surface area contributed by atoms with E-state index in [9.17, 15) is 14.5 Å². The third-order valence-corrected chi connectivity index (χ3v) is 8.74. The summed E-state index contributed by atoms with van der Waals surface area (Å²) in [6.45, 7) is 4.08. The van der Waals surface area contributed by atoms with Gasteiger partial charge in [0.2, 0.25) is 11.8 Å². The topological polar surface area (TPSA) is 191 Å². The summed E-state index contributed by atoms with van der Waals surface area (Å²) in [7, 11) is -4.81. The molecule has 6 atom stereocenters. The van der Waals surface area contributed by atoms with Crippen molar-refractivity contribution >= 4 is 30.8 Å². The molecule has 5 rings (SSSR count). The highest BCUT2D eigenvalue weighted by atomic mass is 31.2. The number of para-hydroxylation sites is 1. The number of carbonyl (C=O) groups excluding carboxylic acids is 1. The smallest absolute Gasteiger partial charge is 0.476 e. The lowest BCUT2D eigenvalue weighted by molar-refractivity contribution is -0.449. The SMILES string of the molecule is CCOc1nc(N)nc2c1ncn2[C@@H]1O[C@](F)(OO[P@@](=O)(N[C@@H](C)C(=O)OC2CCCCC2)Oc2ccccc2)[C@@H](O)[C@@]1(C)F. The fourth-order valence-electron chi connectivity index (χ4n) is 5.04. The van der Waals surface area contributed by atoms with Gasteiger partial charge in [0.15, 0.2) is 29.2 Å². The summed E-state index contributed by atoms with van der Waals surface area (Å²) in [5.41, 5.74) is 2.83. The van der Waals surface area contributed by atoms with Gasteiger partial charge in [-0.05, 0) is 58.6 Å². The molecule has 3 heterocycles. The minimum Gasteiger partial charge on any atom is -0.476 e. The Hall–Kier alpha value is -3.47. The number of benzene rings is 1. The van der Waals surface area contributed by atoms with Crippen molar-refractivity contribution in [3.8, 4) is 11.6 Å². The number of nitrogens with zero attached hydrogens (tertiary/aromatic N) is 4. The van der Waals surface area contributed by atoms with Gasteiger partial charge in [-0.25, -0.2) is 13.9 Å². The maximum Gasteiger partial charge on any atom is 0.486 e. The minimum absolute atomic E-state index is 0.00829. The van der Waals surface area contributed by atoms with Gasteiger partial charge in [0.1, 0.15) is 17.9 Å². The van der Waals surface area contributed by atoms with Gasteiger partial charge in [0.05, 0.1) is 12.9 Å². The molecule has 0 amide bonds. The fourth-order valence-corrected chi connectivity index (χ4v) is 6.34. The normalized spacial score (nSPS) is 27.6. The quantitative estimate of drug-likeness (QED) is 0.110. The van der Waals surface area contributed by atoms with Crippen molar-refractivity contribution in [1.29, 1.82) is 0 Å². The number of hydrogen-bond acceptors (Lipinski definition) is 13. The number of hydrogen-bond donors (Lipinski definition) is 3. The lowest BCUT2D eigenvalue weighted by Crippen LogP contribution is -2.46. The van der Waals surface area contributed by atoms with Crippen LogP contribution in [0.25, 0.3) is 11.2 Å². The van der Waals surface area contributed by atoms with Gasteiger partial charge in [-0.1, -0.05) is 24.6 Å². The van der Waals surface area contributed by atoms with Gasteiger partial charge in [-0.3, -0.25) is 14.1 Å². The summed E-state index contributed by atoms with van der Waals surface area (Å²) in [4.78, 5) is 29.6. The van der Waals surface area contributed by atoms with Gasteiger partial charge < -0.3 is 24.8 Å². The number of aliphatic hydroxyl groups excluding tert-OH is 1. The number of nitrogen functional groups attached to an aromatic ring is 1. The number of carbonyl (C=O) groups is 1. The highest BCUT2D eigenvalue weighted by Gasteiger charge is 2.67. The van der Waals surface area contributed by atoms with Gasteiger partial charge in [0.25, 0.3) is 0 Å². The Kier molecular flexibility index (Phi) is 9.58. The van der Waals surface area contributed by atoms with Crippen molar-refractivity contribution in [1.82, 2.24) is 24.6 Å². The molecule has 1 saturated heterocycles. The van der Waals surface area contributed by atoms with E-state index < -0.39 is 43.8 Å². The highest BCUT2D eigenvalue weighted by molar-refractivity contribution is 7.52. The van der Waals surface area contributed by atoms with Crippen LogP contribution in [-0.2, 0) is 28.4 Å². The standard InChI is InChI=1S/C27H35F2N6O9P/c1-4-39-21-19-20(32-25(30)33-21)35(15-31-19)24-26(3,28)23(37)27(29,41-24)43-44-45(38,42-18-13-9-6-10-14-18)34-16(2)22(36)40-17-11-7-5-8-12-17/h6,9-10,13-17,23-24,37H,4-5,7-8,11-12H2,1-3H3,(H,34,38)(H2,30,32,33)/t16-,23-,24+,26+,27-,45+/m0/s1. The number of aromatic nitrogens is 4. The summed E-state index contributed by atoms with van der Waals surface area (Å²) in [5, 5.41) is 13.1. The van der Waals surface area contributed by atoms with E-state index in [1.165, 1.54) is 19.1 Å². The third kappa shape index (κ3) is 7.03. The monoisotopic (exact) mass is 656 g/mol. The number of esters is 1. The summed E-state index contributed by atoms with van der Waals surface area (Å²) in [6, 6.07) is 2.57. The predicted octanol–water partition coefficient (Wildman–Crippen LogP) is 4.04. The second kappa shape index (κ2) is 13.1. The predicted molar refractivity (Wildman–Crippen MR) is 153 cm³/mol. The molecule has 1 saturated carbocycles. The molecule has 1 aromatic carbocycles. The van der Waals surface area contributed by atoms with Gasteiger partial charge in [0, 0.05) is 0 Å². The first-order valence-corrected chi connectivity index (χ1v) is 16.0. The van der Waals surface area contributed by atoms with Crippen molar-refractivity contribution in [3.63, 3.8) is 0 Å². The molecule has 0 bridgehead atoms. The van der Waals surface area contributed by atoms with Crippen LogP contribution in [-0.4, -0.2) is 67.2 Å². The molecule has 2 aromatic heterocycles. The second-order valence-corrected chi connectivity index (χ2v) is 12.4. The zero-order valence-corrected chi connectivity index (χ0v) is 25.7. The van der Waals surface area contributed by atoms with Crippen LogP contribution in [0.4, 0.5) is 14.7 Å². The van der Waals surface area contributed by atoms with E-state index in [4.69, 9.17) is 34.0 Å². The van der Waals surface area contributed by atoms with Gasteiger partial charge in [-0.2, -0.15) is 24.3 Å². The maximum absolute atomic E-state index is 16.1. The van der Waals surface area contributed by atoms with Crippen LogP contribution in [0.1, 0.15) is 59.1 Å². The Bertz CT molecular complexity index is 1540. The molecule has 4 N–H and O–H groups in total. The molecular formula is C27H35F2N6O9P. The number of rotatable bonds is 12. The Morgan fingerprint density at radius 1 is 1.24 bits per heavy atom. The number of nitrogens with two attached hydrogens (primary N) is 1. The van der Waals surface area contributed by atoms with E-state index in [0.717, 1.165) is 37.1 Å².